The number of hydrogen-bond acceptors (Lipinski definition) is 5. The summed E-state index contributed by atoms with van der Waals surface area (Å²) in [4.78, 5) is 12.6. The lowest BCUT2D eigenvalue weighted by atomic mass is 9.93. The molecule has 7 nitrogen and oxygen atoms in total. The van der Waals surface area contributed by atoms with Crippen LogP contribution in [-0.2, 0) is 26.0 Å². The summed E-state index contributed by atoms with van der Waals surface area (Å²) >= 11 is 0. The maximum Gasteiger partial charge on any atom is 0.416 e. The van der Waals surface area contributed by atoms with Gasteiger partial charge >= 0.3 is 6.18 Å². The van der Waals surface area contributed by atoms with Crippen LogP contribution in [0.3, 0.4) is 0 Å². The van der Waals surface area contributed by atoms with Crippen molar-refractivity contribution in [3.05, 3.63) is 53.6 Å². The maximum atomic E-state index is 13.3. The van der Waals surface area contributed by atoms with E-state index in [1.54, 1.807) is 0 Å². The molecule has 0 aliphatic heterocycles. The lowest BCUT2D eigenvalue weighted by Crippen LogP contribution is -2.45. The standard InChI is InChI=1S/C22H23F3N2O5S2/c1-33(29,30)16-3-5-17(6-4-16)34(31,32)27-19-12-15(22(23,24)25)2-7-18(19)20(28)26-21-10-8-14(13-21)9-11-21/h2-7,12,14,27H,8-11,13H2,1H3,(H,26,28). The molecule has 0 heterocycles. The first kappa shape index (κ1) is 24.5. The molecule has 0 saturated heterocycles. The summed E-state index contributed by atoms with van der Waals surface area (Å²) in [5.41, 5.74) is -2.27. The van der Waals surface area contributed by atoms with Crippen molar-refractivity contribution < 1.29 is 34.8 Å². The molecule has 4 rings (SSSR count). The predicted molar refractivity (Wildman–Crippen MR) is 119 cm³/mol. The van der Waals surface area contributed by atoms with Gasteiger partial charge in [0, 0.05) is 11.8 Å². The van der Waals surface area contributed by atoms with E-state index in [1.807, 2.05) is 0 Å². The lowest BCUT2D eigenvalue weighted by molar-refractivity contribution is -0.137. The van der Waals surface area contributed by atoms with E-state index in [2.05, 4.69) is 10.0 Å². The quantitative estimate of drug-likeness (QED) is 0.604. The number of amides is 1. The minimum absolute atomic E-state index is 0.115. The van der Waals surface area contributed by atoms with Gasteiger partial charge in [-0.15, -0.1) is 0 Å². The Morgan fingerprint density at radius 3 is 2.06 bits per heavy atom. The molecule has 12 heteroatoms. The van der Waals surface area contributed by atoms with Gasteiger partial charge in [-0.2, -0.15) is 13.2 Å². The second kappa shape index (κ2) is 8.26. The molecule has 184 valence electrons. The number of anilines is 1. The van der Waals surface area contributed by atoms with Gasteiger partial charge < -0.3 is 5.32 Å². The van der Waals surface area contributed by atoms with E-state index in [0.717, 1.165) is 74.8 Å². The molecule has 0 aromatic heterocycles. The van der Waals surface area contributed by atoms with Crippen LogP contribution in [0.4, 0.5) is 18.9 Å². The number of nitrogens with one attached hydrogen (secondary N) is 2. The van der Waals surface area contributed by atoms with Gasteiger partial charge in [-0.25, -0.2) is 16.8 Å². The van der Waals surface area contributed by atoms with E-state index in [1.165, 1.54) is 0 Å². The number of carbonyl (C=O) groups excluding carboxylic acids is 1. The van der Waals surface area contributed by atoms with Crippen LogP contribution in [0.15, 0.2) is 52.3 Å². The first-order valence-electron chi connectivity index (χ1n) is 10.6. The Balaban J connectivity index is 1.68. The Bertz CT molecular complexity index is 1330. The van der Waals surface area contributed by atoms with Crippen LogP contribution in [0, 0.1) is 5.92 Å². The average Bonchev–Trinajstić information content (AvgIpc) is 3.32. The van der Waals surface area contributed by atoms with Crippen molar-refractivity contribution in [1.82, 2.24) is 5.32 Å². The summed E-state index contributed by atoms with van der Waals surface area (Å²) in [5.74, 6) is -0.137. The number of alkyl halides is 3. The molecule has 2 aliphatic carbocycles. The molecule has 2 fully saturated rings. The number of rotatable bonds is 6. The van der Waals surface area contributed by atoms with E-state index in [4.69, 9.17) is 0 Å². The van der Waals surface area contributed by atoms with Crippen LogP contribution in [0.1, 0.15) is 48.0 Å². The summed E-state index contributed by atoms with van der Waals surface area (Å²) in [5, 5.41) is 2.93. The molecule has 2 bridgehead atoms. The van der Waals surface area contributed by atoms with Gasteiger partial charge in [0.05, 0.1) is 26.6 Å². The van der Waals surface area contributed by atoms with Crippen molar-refractivity contribution in [2.24, 2.45) is 5.92 Å². The Morgan fingerprint density at radius 2 is 1.56 bits per heavy atom. The van der Waals surface area contributed by atoms with Gasteiger partial charge in [0.2, 0.25) is 0 Å². The van der Waals surface area contributed by atoms with E-state index in [0.29, 0.717) is 12.0 Å². The zero-order valence-electron chi connectivity index (χ0n) is 18.1. The topological polar surface area (TPSA) is 109 Å². The Hall–Kier alpha value is -2.60. The number of carbonyl (C=O) groups is 1. The summed E-state index contributed by atoms with van der Waals surface area (Å²) < 4.78 is 91.1. The Labute approximate surface area is 195 Å². The van der Waals surface area contributed by atoms with Crippen molar-refractivity contribution in [3.8, 4) is 0 Å². The molecule has 2 aromatic rings. The molecular formula is C22H23F3N2O5S2. The van der Waals surface area contributed by atoms with Gasteiger partial charge in [0.1, 0.15) is 0 Å². The fourth-order valence-electron chi connectivity index (χ4n) is 4.75. The van der Waals surface area contributed by atoms with Crippen molar-refractivity contribution in [3.63, 3.8) is 0 Å². The smallest absolute Gasteiger partial charge is 0.347 e. The predicted octanol–water partition coefficient (Wildman–Crippen LogP) is 3.97. The van der Waals surface area contributed by atoms with Gasteiger partial charge in [-0.05, 0) is 80.5 Å². The third-order valence-corrected chi connectivity index (χ3v) is 9.03. The third kappa shape index (κ3) is 4.92. The molecule has 0 unspecified atom stereocenters. The van der Waals surface area contributed by atoms with Crippen molar-refractivity contribution in [2.75, 3.05) is 11.0 Å². The summed E-state index contributed by atoms with van der Waals surface area (Å²) in [6.45, 7) is 0. The van der Waals surface area contributed by atoms with Crippen molar-refractivity contribution in [2.45, 2.75) is 53.6 Å². The summed E-state index contributed by atoms with van der Waals surface area (Å²) in [7, 11) is -8.00. The van der Waals surface area contributed by atoms with Gasteiger partial charge in [-0.3, -0.25) is 9.52 Å². The third-order valence-electron chi connectivity index (χ3n) is 6.52. The van der Waals surface area contributed by atoms with Gasteiger partial charge in [-0.1, -0.05) is 0 Å². The Kier molecular flexibility index (Phi) is 5.96. The normalized spacial score (nSPS) is 22.5. The molecule has 2 aromatic carbocycles. The van der Waals surface area contributed by atoms with Gasteiger partial charge in [0.25, 0.3) is 15.9 Å². The minimum Gasteiger partial charge on any atom is -0.347 e. The summed E-state index contributed by atoms with van der Waals surface area (Å²) in [6.07, 6.45) is 0.489. The number of fused-ring (bicyclic) bond motifs is 2. The number of halogens is 3. The SMILES string of the molecule is CS(=O)(=O)c1ccc(S(=O)(=O)Nc2cc(C(F)(F)F)ccc2C(=O)NC23CCC(CC2)C3)cc1. The molecule has 2 saturated carbocycles. The first-order valence-corrected chi connectivity index (χ1v) is 13.9. The monoisotopic (exact) mass is 516 g/mol. The van der Waals surface area contributed by atoms with Crippen molar-refractivity contribution >= 4 is 31.5 Å². The zero-order valence-corrected chi connectivity index (χ0v) is 19.8. The maximum absolute atomic E-state index is 13.3. The van der Waals surface area contributed by atoms with Crippen LogP contribution in [0.2, 0.25) is 0 Å². The number of benzene rings is 2. The second-order valence-electron chi connectivity index (χ2n) is 8.99. The van der Waals surface area contributed by atoms with E-state index in [9.17, 15) is 34.8 Å². The highest BCUT2D eigenvalue weighted by atomic mass is 32.2. The minimum atomic E-state index is -4.75. The highest BCUT2D eigenvalue weighted by Crippen LogP contribution is 2.47. The average molecular weight is 517 g/mol. The van der Waals surface area contributed by atoms with Gasteiger partial charge in [0.15, 0.2) is 9.84 Å². The number of hydrogen-bond donors (Lipinski definition) is 2. The molecule has 2 aliphatic rings. The summed E-state index contributed by atoms with van der Waals surface area (Å²) in [6, 6.07) is 6.50. The largest absolute Gasteiger partial charge is 0.416 e. The lowest BCUT2D eigenvalue weighted by Gasteiger charge is -2.28. The Morgan fingerprint density at radius 1 is 0.971 bits per heavy atom. The highest BCUT2D eigenvalue weighted by molar-refractivity contribution is 7.92. The molecule has 0 radical (unpaired) electrons. The molecule has 0 atom stereocenters. The molecule has 34 heavy (non-hydrogen) atoms. The van der Waals surface area contributed by atoms with Crippen LogP contribution in [-0.4, -0.2) is 34.5 Å². The van der Waals surface area contributed by atoms with Crippen LogP contribution < -0.4 is 10.0 Å². The fourth-order valence-corrected chi connectivity index (χ4v) is 6.45. The molecule has 2 N–H and O–H groups in total. The van der Waals surface area contributed by atoms with E-state index < -0.39 is 48.7 Å². The second-order valence-corrected chi connectivity index (χ2v) is 12.7. The molecular weight excluding hydrogens is 493 g/mol. The number of sulfone groups is 1. The fraction of sp³-hybridized carbons (Fsp3) is 0.409. The van der Waals surface area contributed by atoms with Crippen molar-refractivity contribution in [1.29, 1.82) is 0 Å². The van der Waals surface area contributed by atoms with Crippen LogP contribution in [0.25, 0.3) is 0 Å². The number of sulfonamides is 1. The molecule has 1 amide bonds. The van der Waals surface area contributed by atoms with Crippen LogP contribution >= 0.6 is 0 Å². The first-order chi connectivity index (χ1) is 15.7. The van der Waals surface area contributed by atoms with E-state index in [-0.39, 0.29) is 15.4 Å². The van der Waals surface area contributed by atoms with Crippen LogP contribution in [0.5, 0.6) is 0 Å². The molecule has 0 spiro atoms. The highest BCUT2D eigenvalue weighted by Gasteiger charge is 2.46. The zero-order chi connectivity index (χ0) is 24.9. The van der Waals surface area contributed by atoms with E-state index >= 15 is 0 Å².